The van der Waals surface area contributed by atoms with E-state index in [2.05, 4.69) is 44.7 Å². The van der Waals surface area contributed by atoms with Gasteiger partial charge in [-0.2, -0.15) is 0 Å². The van der Waals surface area contributed by atoms with Crippen LogP contribution in [0.25, 0.3) is 0 Å². The van der Waals surface area contributed by atoms with Gasteiger partial charge < -0.3 is 4.84 Å². The summed E-state index contributed by atoms with van der Waals surface area (Å²) in [6, 6.07) is 6.23. The molecule has 21 heavy (non-hydrogen) atoms. The van der Waals surface area contributed by atoms with Gasteiger partial charge in [0.05, 0.1) is 21.7 Å². The van der Waals surface area contributed by atoms with E-state index in [1.807, 2.05) is 18.2 Å². The van der Waals surface area contributed by atoms with Crippen molar-refractivity contribution < 1.29 is 4.84 Å². The molecule has 1 aliphatic rings. The van der Waals surface area contributed by atoms with Gasteiger partial charge in [0.2, 0.25) is 0 Å². The topological polar surface area (TPSA) is 24.8 Å². The summed E-state index contributed by atoms with van der Waals surface area (Å²) < 4.78 is 0. The molecular weight excluding hydrogens is 307 g/mol. The maximum Gasteiger partial charge on any atom is 0.189 e. The van der Waals surface area contributed by atoms with Crippen molar-refractivity contribution in [3.63, 3.8) is 0 Å². The van der Waals surface area contributed by atoms with E-state index >= 15 is 0 Å². The fourth-order valence-electron chi connectivity index (χ4n) is 2.93. The zero-order valence-corrected chi connectivity index (χ0v) is 14.6. The SMILES string of the molecule is CC(C)N(C(C)C)[C@H]1ON=C(c2c(Cl)cccc2Cl)[C@@H]1C. The second-order valence-corrected chi connectivity index (χ2v) is 6.81. The average molecular weight is 329 g/mol. The van der Waals surface area contributed by atoms with Crippen molar-refractivity contribution in [3.8, 4) is 0 Å². The molecule has 5 heteroatoms. The summed E-state index contributed by atoms with van der Waals surface area (Å²) >= 11 is 12.6. The molecule has 2 rings (SSSR count). The Bertz CT molecular complexity index is 515. The van der Waals surface area contributed by atoms with Crippen molar-refractivity contribution in [3.05, 3.63) is 33.8 Å². The molecule has 0 saturated heterocycles. The zero-order valence-electron chi connectivity index (χ0n) is 13.1. The van der Waals surface area contributed by atoms with Crippen LogP contribution in [0.3, 0.4) is 0 Å². The van der Waals surface area contributed by atoms with Crippen LogP contribution in [-0.4, -0.2) is 28.9 Å². The van der Waals surface area contributed by atoms with E-state index in [4.69, 9.17) is 28.0 Å². The standard InChI is InChI=1S/C16H22Cl2N2O/c1-9(2)20(10(3)4)16-11(5)15(19-21-16)14-12(17)7-6-8-13(14)18/h6-11,16H,1-5H3/t11-,16-/m0/s1. The van der Waals surface area contributed by atoms with E-state index in [-0.39, 0.29) is 12.1 Å². The highest BCUT2D eigenvalue weighted by Gasteiger charge is 2.39. The molecule has 116 valence electrons. The third-order valence-corrected chi connectivity index (χ3v) is 4.45. The first-order valence-electron chi connectivity index (χ1n) is 7.30. The molecule has 0 spiro atoms. The predicted molar refractivity (Wildman–Crippen MR) is 89.1 cm³/mol. The van der Waals surface area contributed by atoms with Gasteiger partial charge in [-0.15, -0.1) is 0 Å². The monoisotopic (exact) mass is 328 g/mol. The van der Waals surface area contributed by atoms with Gasteiger partial charge in [0.25, 0.3) is 0 Å². The molecule has 0 N–H and O–H groups in total. The van der Waals surface area contributed by atoms with Crippen LogP contribution in [0.4, 0.5) is 0 Å². The summed E-state index contributed by atoms with van der Waals surface area (Å²) in [6.45, 7) is 10.8. The van der Waals surface area contributed by atoms with E-state index in [0.717, 1.165) is 11.3 Å². The normalized spacial score (nSPS) is 22.1. The molecular formula is C16H22Cl2N2O. The van der Waals surface area contributed by atoms with E-state index in [0.29, 0.717) is 22.1 Å². The summed E-state index contributed by atoms with van der Waals surface area (Å²) in [5.41, 5.74) is 1.60. The van der Waals surface area contributed by atoms with E-state index in [9.17, 15) is 0 Å². The maximum atomic E-state index is 6.29. The Morgan fingerprint density at radius 3 is 2.10 bits per heavy atom. The van der Waals surface area contributed by atoms with Gasteiger partial charge in [-0.05, 0) is 39.8 Å². The Labute approximate surface area is 136 Å². The summed E-state index contributed by atoms with van der Waals surface area (Å²) in [5.74, 6) is 0.104. The highest BCUT2D eigenvalue weighted by molar-refractivity contribution is 6.40. The molecule has 1 aromatic carbocycles. The van der Waals surface area contributed by atoms with E-state index in [1.54, 1.807) is 0 Å². The van der Waals surface area contributed by atoms with Gasteiger partial charge in [0, 0.05) is 17.6 Å². The second kappa shape index (κ2) is 6.55. The fourth-order valence-corrected chi connectivity index (χ4v) is 3.52. The molecule has 1 heterocycles. The Kier molecular flexibility index (Phi) is 5.18. The number of rotatable bonds is 4. The van der Waals surface area contributed by atoms with Crippen LogP contribution in [0.15, 0.2) is 23.4 Å². The molecule has 0 aliphatic carbocycles. The Morgan fingerprint density at radius 2 is 1.62 bits per heavy atom. The molecule has 0 bridgehead atoms. The molecule has 0 unspecified atom stereocenters. The highest BCUT2D eigenvalue weighted by Crippen LogP contribution is 2.34. The Morgan fingerprint density at radius 1 is 1.10 bits per heavy atom. The lowest BCUT2D eigenvalue weighted by Crippen LogP contribution is -2.48. The van der Waals surface area contributed by atoms with Gasteiger partial charge >= 0.3 is 0 Å². The lowest BCUT2D eigenvalue weighted by Gasteiger charge is -2.36. The lowest BCUT2D eigenvalue weighted by molar-refractivity contribution is -0.0856. The molecule has 3 nitrogen and oxygen atoms in total. The first kappa shape index (κ1) is 16.6. The minimum absolute atomic E-state index is 0.0904. The molecule has 0 amide bonds. The van der Waals surface area contributed by atoms with Gasteiger partial charge in [0.15, 0.2) is 6.23 Å². The third-order valence-electron chi connectivity index (χ3n) is 3.82. The van der Waals surface area contributed by atoms with E-state index in [1.165, 1.54) is 0 Å². The van der Waals surface area contributed by atoms with E-state index < -0.39 is 0 Å². The number of hydrogen-bond donors (Lipinski definition) is 0. The van der Waals surface area contributed by atoms with Crippen LogP contribution >= 0.6 is 23.2 Å². The molecule has 2 atom stereocenters. The first-order chi connectivity index (χ1) is 9.84. The molecule has 1 aliphatic heterocycles. The number of oxime groups is 1. The highest BCUT2D eigenvalue weighted by atomic mass is 35.5. The summed E-state index contributed by atoms with van der Waals surface area (Å²) in [4.78, 5) is 8.04. The van der Waals surface area contributed by atoms with Gasteiger partial charge in [-0.25, -0.2) is 0 Å². The van der Waals surface area contributed by atoms with Gasteiger partial charge in [0.1, 0.15) is 0 Å². The molecule has 0 fully saturated rings. The zero-order chi connectivity index (χ0) is 15.7. The second-order valence-electron chi connectivity index (χ2n) is 5.99. The van der Waals surface area contributed by atoms with Crippen molar-refractivity contribution in [2.24, 2.45) is 11.1 Å². The van der Waals surface area contributed by atoms with Crippen LogP contribution in [0, 0.1) is 5.92 Å². The van der Waals surface area contributed by atoms with Crippen molar-refractivity contribution in [1.82, 2.24) is 4.90 Å². The van der Waals surface area contributed by atoms with Crippen molar-refractivity contribution in [2.75, 3.05) is 0 Å². The lowest BCUT2D eigenvalue weighted by atomic mass is 9.95. The van der Waals surface area contributed by atoms with Gasteiger partial charge in [-0.1, -0.05) is 41.3 Å². The largest absolute Gasteiger partial charge is 0.375 e. The van der Waals surface area contributed by atoms with Crippen molar-refractivity contribution in [1.29, 1.82) is 0 Å². The van der Waals surface area contributed by atoms with Crippen LogP contribution in [0.5, 0.6) is 0 Å². The third kappa shape index (κ3) is 3.20. The Balaban J connectivity index is 2.31. The predicted octanol–water partition coefficient (Wildman–Crippen LogP) is 4.81. The number of hydrogen-bond acceptors (Lipinski definition) is 3. The van der Waals surface area contributed by atoms with Crippen LogP contribution in [0.1, 0.15) is 40.2 Å². The van der Waals surface area contributed by atoms with Crippen molar-refractivity contribution >= 4 is 28.9 Å². The first-order valence-corrected chi connectivity index (χ1v) is 8.05. The summed E-state index contributed by atoms with van der Waals surface area (Å²) in [6.07, 6.45) is -0.0904. The van der Waals surface area contributed by atoms with Crippen molar-refractivity contribution in [2.45, 2.75) is 52.9 Å². The summed E-state index contributed by atoms with van der Waals surface area (Å²) in [7, 11) is 0. The average Bonchev–Trinajstić information content (AvgIpc) is 2.71. The smallest absolute Gasteiger partial charge is 0.189 e. The van der Waals surface area contributed by atoms with Crippen LogP contribution < -0.4 is 0 Å². The minimum atomic E-state index is -0.0904. The number of halogens is 2. The minimum Gasteiger partial charge on any atom is -0.375 e. The van der Waals surface area contributed by atoms with Crippen LogP contribution in [0.2, 0.25) is 10.0 Å². The Hall–Kier alpha value is -0.770. The maximum absolute atomic E-state index is 6.29. The number of benzene rings is 1. The quantitative estimate of drug-likeness (QED) is 0.792. The van der Waals surface area contributed by atoms with Gasteiger partial charge in [-0.3, -0.25) is 4.90 Å². The summed E-state index contributed by atoms with van der Waals surface area (Å²) in [5, 5.41) is 5.50. The molecule has 0 saturated carbocycles. The van der Waals surface area contributed by atoms with Crippen LogP contribution in [-0.2, 0) is 4.84 Å². The number of nitrogens with zero attached hydrogens (tertiary/aromatic N) is 2. The molecule has 0 radical (unpaired) electrons. The molecule has 0 aromatic heterocycles. The fraction of sp³-hybridized carbons (Fsp3) is 0.562. The molecule has 1 aromatic rings.